The fourth-order valence-corrected chi connectivity index (χ4v) is 4.25. The molecule has 0 radical (unpaired) electrons. The Bertz CT molecular complexity index is 1020. The predicted octanol–water partition coefficient (Wildman–Crippen LogP) is 3.63. The summed E-state index contributed by atoms with van der Waals surface area (Å²) in [6, 6.07) is 12.7. The second-order valence-electron chi connectivity index (χ2n) is 6.56. The molecule has 1 N–H and O–H groups in total. The van der Waals surface area contributed by atoms with E-state index in [1.165, 1.54) is 28.6 Å². The molecule has 0 spiro atoms. The van der Waals surface area contributed by atoms with Crippen LogP contribution in [-0.4, -0.2) is 37.8 Å². The SMILES string of the molecule is CCN(CC)S(=O)(=O)c1ccc(OC(C)C)c(NC(=O)c2cccc(C#N)c2)c1. The number of nitrogens with one attached hydrogen (secondary N) is 1. The summed E-state index contributed by atoms with van der Waals surface area (Å²) in [4.78, 5) is 12.8. The summed E-state index contributed by atoms with van der Waals surface area (Å²) in [6.07, 6.45) is -0.169. The van der Waals surface area contributed by atoms with Crippen molar-refractivity contribution in [3.63, 3.8) is 0 Å². The van der Waals surface area contributed by atoms with Crippen LogP contribution >= 0.6 is 0 Å². The van der Waals surface area contributed by atoms with Crippen molar-refractivity contribution >= 4 is 21.6 Å². The summed E-state index contributed by atoms with van der Waals surface area (Å²) in [7, 11) is -3.70. The molecule has 1 amide bonds. The number of amides is 1. The Morgan fingerprint density at radius 3 is 2.45 bits per heavy atom. The molecule has 7 nitrogen and oxygen atoms in total. The first-order valence-electron chi connectivity index (χ1n) is 9.35. The van der Waals surface area contributed by atoms with Gasteiger partial charge in [0.1, 0.15) is 5.75 Å². The van der Waals surface area contributed by atoms with Crippen LogP contribution in [0.2, 0.25) is 0 Å². The van der Waals surface area contributed by atoms with Gasteiger partial charge in [0.2, 0.25) is 10.0 Å². The van der Waals surface area contributed by atoms with Crippen molar-refractivity contribution in [3.05, 3.63) is 53.6 Å². The highest BCUT2D eigenvalue weighted by Gasteiger charge is 2.23. The van der Waals surface area contributed by atoms with Crippen molar-refractivity contribution in [3.8, 4) is 11.8 Å². The third kappa shape index (κ3) is 5.34. The minimum Gasteiger partial charge on any atom is -0.489 e. The second kappa shape index (κ2) is 9.54. The molecular formula is C21H25N3O4S. The lowest BCUT2D eigenvalue weighted by Crippen LogP contribution is -2.30. The molecule has 0 saturated heterocycles. The van der Waals surface area contributed by atoms with Crippen LogP contribution in [0.4, 0.5) is 5.69 Å². The molecule has 0 unspecified atom stereocenters. The number of carbonyl (C=O) groups is 1. The lowest BCUT2D eigenvalue weighted by molar-refractivity contribution is 0.102. The van der Waals surface area contributed by atoms with Gasteiger partial charge in [0.15, 0.2) is 0 Å². The number of hydrogen-bond donors (Lipinski definition) is 1. The van der Waals surface area contributed by atoms with Crippen LogP contribution in [0.5, 0.6) is 5.75 Å². The Hall–Kier alpha value is -2.89. The van der Waals surface area contributed by atoms with E-state index in [9.17, 15) is 13.2 Å². The molecule has 0 atom stereocenters. The van der Waals surface area contributed by atoms with Crippen molar-refractivity contribution in [2.45, 2.75) is 38.7 Å². The zero-order chi connectivity index (χ0) is 21.6. The smallest absolute Gasteiger partial charge is 0.255 e. The molecule has 8 heteroatoms. The fraction of sp³-hybridized carbons (Fsp3) is 0.333. The van der Waals surface area contributed by atoms with Gasteiger partial charge in [0, 0.05) is 18.7 Å². The van der Waals surface area contributed by atoms with Gasteiger partial charge in [0.05, 0.1) is 28.3 Å². The van der Waals surface area contributed by atoms with Crippen molar-refractivity contribution in [1.82, 2.24) is 4.31 Å². The number of ether oxygens (including phenoxy) is 1. The lowest BCUT2D eigenvalue weighted by atomic mass is 10.1. The number of carbonyl (C=O) groups excluding carboxylic acids is 1. The van der Waals surface area contributed by atoms with Gasteiger partial charge in [-0.15, -0.1) is 0 Å². The van der Waals surface area contributed by atoms with Crippen LogP contribution in [0.15, 0.2) is 47.4 Å². The van der Waals surface area contributed by atoms with Crippen LogP contribution < -0.4 is 10.1 Å². The summed E-state index contributed by atoms with van der Waals surface area (Å²) in [5, 5.41) is 11.7. The molecule has 2 aromatic carbocycles. The fourth-order valence-electron chi connectivity index (χ4n) is 2.76. The lowest BCUT2D eigenvalue weighted by Gasteiger charge is -2.20. The summed E-state index contributed by atoms with van der Waals surface area (Å²) in [6.45, 7) is 7.88. The Morgan fingerprint density at radius 1 is 1.17 bits per heavy atom. The molecule has 0 aliphatic carbocycles. The molecule has 0 aromatic heterocycles. The number of sulfonamides is 1. The monoisotopic (exact) mass is 415 g/mol. The van der Waals surface area contributed by atoms with Crippen LogP contribution in [0.3, 0.4) is 0 Å². The molecular weight excluding hydrogens is 390 g/mol. The van der Waals surface area contributed by atoms with E-state index < -0.39 is 15.9 Å². The van der Waals surface area contributed by atoms with E-state index in [1.54, 1.807) is 32.0 Å². The molecule has 0 saturated carbocycles. The second-order valence-corrected chi connectivity index (χ2v) is 8.50. The topological polar surface area (TPSA) is 99.5 Å². The molecule has 0 aliphatic heterocycles. The number of nitriles is 1. The number of anilines is 1. The summed E-state index contributed by atoms with van der Waals surface area (Å²) in [5.74, 6) is -0.101. The molecule has 0 aliphatic rings. The van der Waals surface area contributed by atoms with Gasteiger partial charge in [-0.25, -0.2) is 8.42 Å². The average Bonchev–Trinajstić information content (AvgIpc) is 2.69. The third-order valence-electron chi connectivity index (χ3n) is 4.16. The zero-order valence-electron chi connectivity index (χ0n) is 17.0. The van der Waals surface area contributed by atoms with Crippen LogP contribution in [-0.2, 0) is 10.0 Å². The Balaban J connectivity index is 2.46. The summed E-state index contributed by atoms with van der Waals surface area (Å²) in [5.41, 5.74) is 0.894. The molecule has 29 heavy (non-hydrogen) atoms. The van der Waals surface area contributed by atoms with E-state index in [0.29, 0.717) is 24.4 Å². The maximum absolute atomic E-state index is 12.9. The van der Waals surface area contributed by atoms with Gasteiger partial charge in [-0.2, -0.15) is 9.57 Å². The predicted molar refractivity (Wildman–Crippen MR) is 111 cm³/mol. The van der Waals surface area contributed by atoms with E-state index in [4.69, 9.17) is 10.00 Å². The normalized spacial score (nSPS) is 11.3. The minimum atomic E-state index is -3.70. The van der Waals surface area contributed by atoms with E-state index in [1.807, 2.05) is 19.9 Å². The van der Waals surface area contributed by atoms with Gasteiger partial charge in [-0.05, 0) is 50.2 Å². The number of benzene rings is 2. The number of rotatable bonds is 8. The van der Waals surface area contributed by atoms with Gasteiger partial charge in [-0.3, -0.25) is 4.79 Å². The van der Waals surface area contributed by atoms with E-state index in [-0.39, 0.29) is 22.3 Å². The van der Waals surface area contributed by atoms with Crippen LogP contribution in [0.1, 0.15) is 43.6 Å². The van der Waals surface area contributed by atoms with Gasteiger partial charge in [-0.1, -0.05) is 19.9 Å². The Kier molecular flexibility index (Phi) is 7.37. The molecule has 154 valence electrons. The first-order chi connectivity index (χ1) is 13.7. The molecule has 0 bridgehead atoms. The largest absolute Gasteiger partial charge is 0.489 e. The Morgan fingerprint density at radius 2 is 1.86 bits per heavy atom. The van der Waals surface area contributed by atoms with E-state index in [2.05, 4.69) is 5.32 Å². The van der Waals surface area contributed by atoms with Crippen molar-refractivity contribution in [2.75, 3.05) is 18.4 Å². The molecule has 2 rings (SSSR count). The van der Waals surface area contributed by atoms with Crippen LogP contribution in [0.25, 0.3) is 0 Å². The summed E-state index contributed by atoms with van der Waals surface area (Å²) < 4.78 is 32.8. The quantitative estimate of drug-likeness (QED) is 0.710. The first kappa shape index (κ1) is 22.4. The highest BCUT2D eigenvalue weighted by molar-refractivity contribution is 7.89. The van der Waals surface area contributed by atoms with E-state index >= 15 is 0 Å². The van der Waals surface area contributed by atoms with E-state index in [0.717, 1.165) is 0 Å². The number of hydrogen-bond acceptors (Lipinski definition) is 5. The van der Waals surface area contributed by atoms with Crippen molar-refractivity contribution in [1.29, 1.82) is 5.26 Å². The Labute approximate surface area is 172 Å². The minimum absolute atomic E-state index is 0.0679. The highest BCUT2D eigenvalue weighted by atomic mass is 32.2. The maximum atomic E-state index is 12.9. The van der Waals surface area contributed by atoms with Gasteiger partial charge in [0.25, 0.3) is 5.91 Å². The zero-order valence-corrected chi connectivity index (χ0v) is 17.8. The molecule has 2 aromatic rings. The van der Waals surface area contributed by atoms with Gasteiger partial charge < -0.3 is 10.1 Å². The summed E-state index contributed by atoms with van der Waals surface area (Å²) >= 11 is 0. The highest BCUT2D eigenvalue weighted by Crippen LogP contribution is 2.30. The standard InChI is InChI=1S/C21H25N3O4S/c1-5-24(6-2)29(26,27)18-10-11-20(28-15(3)4)19(13-18)23-21(25)17-9-7-8-16(12-17)14-22/h7-13,15H,5-6H2,1-4H3,(H,23,25). The number of nitrogens with zero attached hydrogens (tertiary/aromatic N) is 2. The third-order valence-corrected chi connectivity index (χ3v) is 6.20. The first-order valence-corrected chi connectivity index (χ1v) is 10.8. The van der Waals surface area contributed by atoms with Crippen LogP contribution in [0, 0.1) is 11.3 Å². The van der Waals surface area contributed by atoms with Crippen molar-refractivity contribution in [2.24, 2.45) is 0 Å². The molecule has 0 fully saturated rings. The average molecular weight is 416 g/mol. The van der Waals surface area contributed by atoms with Gasteiger partial charge >= 0.3 is 0 Å². The van der Waals surface area contributed by atoms with Crippen molar-refractivity contribution < 1.29 is 17.9 Å². The molecule has 0 heterocycles. The maximum Gasteiger partial charge on any atom is 0.255 e.